The van der Waals surface area contributed by atoms with Crippen molar-refractivity contribution in [1.29, 1.82) is 0 Å². The molecule has 0 spiro atoms. The van der Waals surface area contributed by atoms with Crippen molar-refractivity contribution in [2.24, 2.45) is 0 Å². The van der Waals surface area contributed by atoms with Crippen molar-refractivity contribution in [3.05, 3.63) is 71.6 Å². The van der Waals surface area contributed by atoms with Gasteiger partial charge in [-0.25, -0.2) is 9.37 Å². The van der Waals surface area contributed by atoms with Crippen LogP contribution in [0.15, 0.2) is 52.9 Å². The first kappa shape index (κ1) is 15.9. The molecule has 0 fully saturated rings. The first-order chi connectivity index (χ1) is 11.5. The molecule has 0 bridgehead atoms. The minimum Gasteiger partial charge on any atom is -0.446 e. The highest BCUT2D eigenvalue weighted by atomic mass is 19.1. The zero-order valence-electron chi connectivity index (χ0n) is 13.5. The van der Waals surface area contributed by atoms with Gasteiger partial charge in [0.05, 0.1) is 6.42 Å². The van der Waals surface area contributed by atoms with Crippen LogP contribution in [0.25, 0.3) is 11.3 Å². The topological polar surface area (TPSA) is 55.1 Å². The van der Waals surface area contributed by atoms with Gasteiger partial charge < -0.3 is 9.73 Å². The number of carbonyl (C=O) groups excluding carboxylic acids is 1. The molecule has 0 aliphatic heterocycles. The Kier molecular flexibility index (Phi) is 4.42. The Labute approximate surface area is 139 Å². The maximum atomic E-state index is 12.9. The Balaban J connectivity index is 1.66. The summed E-state index contributed by atoms with van der Waals surface area (Å²) in [5.41, 5.74) is 3.19. The van der Waals surface area contributed by atoms with Crippen molar-refractivity contribution in [2.45, 2.75) is 20.3 Å². The number of anilines is 1. The summed E-state index contributed by atoms with van der Waals surface area (Å²) in [6, 6.07) is 13.3. The molecule has 1 N–H and O–H groups in total. The molecule has 122 valence electrons. The van der Waals surface area contributed by atoms with Crippen LogP contribution < -0.4 is 5.32 Å². The van der Waals surface area contributed by atoms with Crippen LogP contribution in [0.4, 0.5) is 10.1 Å². The number of benzene rings is 2. The third kappa shape index (κ3) is 3.68. The van der Waals surface area contributed by atoms with Crippen LogP contribution in [0.3, 0.4) is 0 Å². The summed E-state index contributed by atoms with van der Waals surface area (Å²) in [6.45, 7) is 3.67. The zero-order valence-corrected chi connectivity index (χ0v) is 13.5. The lowest BCUT2D eigenvalue weighted by atomic mass is 10.1. The van der Waals surface area contributed by atoms with Gasteiger partial charge in [-0.3, -0.25) is 4.79 Å². The quantitative estimate of drug-likeness (QED) is 0.779. The molecule has 24 heavy (non-hydrogen) atoms. The molecule has 1 aromatic heterocycles. The fourth-order valence-corrected chi connectivity index (χ4v) is 2.50. The molecular weight excluding hydrogens is 307 g/mol. The molecule has 3 rings (SSSR count). The third-order valence-electron chi connectivity index (χ3n) is 3.62. The molecule has 1 amide bonds. The molecular formula is C19H17FN2O2. The van der Waals surface area contributed by atoms with E-state index in [0.29, 0.717) is 11.6 Å². The van der Waals surface area contributed by atoms with Gasteiger partial charge in [0.25, 0.3) is 0 Å². The van der Waals surface area contributed by atoms with Gasteiger partial charge in [-0.05, 0) is 36.8 Å². The normalized spacial score (nSPS) is 10.6. The molecule has 0 saturated heterocycles. The van der Waals surface area contributed by atoms with E-state index < -0.39 is 0 Å². The zero-order chi connectivity index (χ0) is 17.1. The maximum Gasteiger partial charge on any atom is 0.228 e. The summed E-state index contributed by atoms with van der Waals surface area (Å²) in [5.74, 6) is 0.927. The molecule has 1 heterocycles. The monoisotopic (exact) mass is 324 g/mol. The Hall–Kier alpha value is -2.95. The van der Waals surface area contributed by atoms with Crippen molar-refractivity contribution < 1.29 is 13.6 Å². The average molecular weight is 324 g/mol. The van der Waals surface area contributed by atoms with E-state index in [1.165, 1.54) is 12.1 Å². The minimum absolute atomic E-state index is 0.150. The molecule has 3 aromatic rings. The van der Waals surface area contributed by atoms with E-state index in [2.05, 4.69) is 10.3 Å². The molecule has 0 unspecified atom stereocenters. The number of amides is 1. The van der Waals surface area contributed by atoms with Crippen molar-refractivity contribution in [2.75, 3.05) is 5.32 Å². The van der Waals surface area contributed by atoms with Gasteiger partial charge >= 0.3 is 0 Å². The van der Waals surface area contributed by atoms with Gasteiger partial charge in [-0.2, -0.15) is 0 Å². The molecule has 0 saturated carbocycles. The molecule has 0 aliphatic carbocycles. The molecule has 5 heteroatoms. The maximum absolute atomic E-state index is 12.9. The predicted molar refractivity (Wildman–Crippen MR) is 90.1 cm³/mol. The Bertz CT molecular complexity index is 852. The van der Waals surface area contributed by atoms with Crippen LogP contribution >= 0.6 is 0 Å². The summed E-state index contributed by atoms with van der Waals surface area (Å²) >= 11 is 0. The van der Waals surface area contributed by atoms with E-state index >= 15 is 0 Å². The third-order valence-corrected chi connectivity index (χ3v) is 3.62. The standard InChI is InChI=1S/C19H17FN2O2/c1-12-19(21-13(2)24-12)15-5-9-17(10-6-15)22-18(23)11-14-3-7-16(20)8-4-14/h3-10H,11H2,1-2H3,(H,22,23). The van der Waals surface area contributed by atoms with E-state index in [1.54, 1.807) is 19.1 Å². The summed E-state index contributed by atoms with van der Waals surface area (Å²) in [4.78, 5) is 16.4. The summed E-state index contributed by atoms with van der Waals surface area (Å²) in [7, 11) is 0. The number of nitrogens with zero attached hydrogens (tertiary/aromatic N) is 1. The highest BCUT2D eigenvalue weighted by Crippen LogP contribution is 2.24. The van der Waals surface area contributed by atoms with Gasteiger partial charge in [-0.1, -0.05) is 24.3 Å². The van der Waals surface area contributed by atoms with Gasteiger partial charge in [0, 0.05) is 18.2 Å². The number of carbonyl (C=O) groups is 1. The lowest BCUT2D eigenvalue weighted by molar-refractivity contribution is -0.115. The Morgan fingerprint density at radius 1 is 1.08 bits per heavy atom. The van der Waals surface area contributed by atoms with Gasteiger partial charge in [-0.15, -0.1) is 0 Å². The first-order valence-electron chi connectivity index (χ1n) is 7.60. The highest BCUT2D eigenvalue weighted by molar-refractivity contribution is 5.92. The van der Waals surface area contributed by atoms with Crippen LogP contribution in [-0.2, 0) is 11.2 Å². The number of hydrogen-bond donors (Lipinski definition) is 1. The van der Waals surface area contributed by atoms with Gasteiger partial charge in [0.15, 0.2) is 5.89 Å². The summed E-state index contributed by atoms with van der Waals surface area (Å²) in [5, 5.41) is 2.83. The number of nitrogens with one attached hydrogen (secondary N) is 1. The fraction of sp³-hybridized carbons (Fsp3) is 0.158. The number of oxazole rings is 1. The second-order valence-corrected chi connectivity index (χ2v) is 5.57. The van der Waals surface area contributed by atoms with Crippen LogP contribution in [0.5, 0.6) is 0 Å². The minimum atomic E-state index is -0.312. The van der Waals surface area contributed by atoms with Crippen molar-refractivity contribution >= 4 is 11.6 Å². The van der Waals surface area contributed by atoms with Crippen molar-refractivity contribution in [3.63, 3.8) is 0 Å². The Morgan fingerprint density at radius 2 is 1.75 bits per heavy atom. The largest absolute Gasteiger partial charge is 0.446 e. The van der Waals surface area contributed by atoms with Crippen LogP contribution in [0.2, 0.25) is 0 Å². The smallest absolute Gasteiger partial charge is 0.228 e. The summed E-state index contributed by atoms with van der Waals surface area (Å²) in [6.07, 6.45) is 0.198. The summed E-state index contributed by atoms with van der Waals surface area (Å²) < 4.78 is 18.3. The van der Waals surface area contributed by atoms with E-state index in [0.717, 1.165) is 22.6 Å². The Morgan fingerprint density at radius 3 is 2.33 bits per heavy atom. The van der Waals surface area contributed by atoms with Gasteiger partial charge in [0.1, 0.15) is 17.3 Å². The van der Waals surface area contributed by atoms with E-state index in [9.17, 15) is 9.18 Å². The number of aromatic nitrogens is 1. The molecule has 0 radical (unpaired) electrons. The fourth-order valence-electron chi connectivity index (χ4n) is 2.50. The highest BCUT2D eigenvalue weighted by Gasteiger charge is 2.10. The number of halogens is 1. The number of rotatable bonds is 4. The molecule has 0 aliphatic rings. The predicted octanol–water partition coefficient (Wildman–Crippen LogP) is 4.28. The second-order valence-electron chi connectivity index (χ2n) is 5.57. The van der Waals surface area contributed by atoms with Crippen molar-refractivity contribution in [3.8, 4) is 11.3 Å². The van der Waals surface area contributed by atoms with E-state index in [4.69, 9.17) is 4.42 Å². The van der Waals surface area contributed by atoms with Crippen molar-refractivity contribution in [1.82, 2.24) is 4.98 Å². The molecule has 2 aromatic carbocycles. The molecule has 4 nitrogen and oxygen atoms in total. The SMILES string of the molecule is Cc1nc(-c2ccc(NC(=O)Cc3ccc(F)cc3)cc2)c(C)o1. The average Bonchev–Trinajstić information content (AvgIpc) is 2.89. The van der Waals surface area contributed by atoms with Crippen LogP contribution in [0.1, 0.15) is 17.2 Å². The number of hydrogen-bond acceptors (Lipinski definition) is 3. The lowest BCUT2D eigenvalue weighted by Gasteiger charge is -2.06. The number of aryl methyl sites for hydroxylation is 2. The molecule has 0 atom stereocenters. The first-order valence-corrected chi connectivity index (χ1v) is 7.60. The van der Waals surface area contributed by atoms with E-state index in [-0.39, 0.29) is 18.1 Å². The van der Waals surface area contributed by atoms with Gasteiger partial charge in [0.2, 0.25) is 5.91 Å². The second kappa shape index (κ2) is 6.66. The van der Waals surface area contributed by atoms with E-state index in [1.807, 2.05) is 31.2 Å². The lowest BCUT2D eigenvalue weighted by Crippen LogP contribution is -2.14. The van der Waals surface area contributed by atoms with Crippen LogP contribution in [-0.4, -0.2) is 10.9 Å². The van der Waals surface area contributed by atoms with Crippen LogP contribution in [0, 0.1) is 19.7 Å².